The number of aromatic nitrogens is 2. The van der Waals surface area contributed by atoms with E-state index >= 15 is 0 Å². The predicted molar refractivity (Wildman–Crippen MR) is 125 cm³/mol. The Balaban J connectivity index is 1.53. The van der Waals surface area contributed by atoms with Crippen LogP contribution in [0.15, 0.2) is 85.2 Å². The highest BCUT2D eigenvalue weighted by Crippen LogP contribution is 2.27. The van der Waals surface area contributed by atoms with Crippen molar-refractivity contribution in [3.8, 4) is 5.69 Å². The molecule has 0 spiro atoms. The summed E-state index contributed by atoms with van der Waals surface area (Å²) in [7, 11) is 1.55. The molecule has 1 aromatic heterocycles. The number of nitro groups is 1. The molecular formula is C25H20N4O5. The molecule has 0 aliphatic carbocycles. The van der Waals surface area contributed by atoms with E-state index in [1.54, 1.807) is 36.3 Å². The molecule has 0 saturated heterocycles. The zero-order valence-electron chi connectivity index (χ0n) is 18.2. The number of para-hydroxylation sites is 1. The number of nitrogens with one attached hydrogen (secondary N) is 1. The summed E-state index contributed by atoms with van der Waals surface area (Å²) in [6.45, 7) is -0.0312. The van der Waals surface area contributed by atoms with E-state index in [9.17, 15) is 19.7 Å². The Morgan fingerprint density at radius 1 is 1.03 bits per heavy atom. The van der Waals surface area contributed by atoms with Crippen LogP contribution in [0.1, 0.15) is 31.8 Å². The van der Waals surface area contributed by atoms with Crippen LogP contribution in [0.4, 0.5) is 11.4 Å². The van der Waals surface area contributed by atoms with Gasteiger partial charge in [-0.1, -0.05) is 36.4 Å². The molecule has 4 rings (SSSR count). The van der Waals surface area contributed by atoms with Gasteiger partial charge in [0, 0.05) is 36.0 Å². The fourth-order valence-corrected chi connectivity index (χ4v) is 3.43. The minimum Gasteiger partial charge on any atom is -0.457 e. The zero-order chi connectivity index (χ0) is 24.1. The lowest BCUT2D eigenvalue weighted by molar-refractivity contribution is -0.384. The lowest BCUT2D eigenvalue weighted by Gasteiger charge is -2.09. The number of esters is 1. The van der Waals surface area contributed by atoms with Crippen molar-refractivity contribution in [3.63, 3.8) is 0 Å². The predicted octanol–water partition coefficient (Wildman–Crippen LogP) is 4.41. The molecule has 1 N–H and O–H groups in total. The van der Waals surface area contributed by atoms with Gasteiger partial charge in [-0.25, -0.2) is 9.48 Å². The topological polar surface area (TPSA) is 116 Å². The van der Waals surface area contributed by atoms with Crippen LogP contribution in [0.3, 0.4) is 0 Å². The summed E-state index contributed by atoms with van der Waals surface area (Å²) < 4.78 is 7.09. The first-order valence-corrected chi connectivity index (χ1v) is 10.3. The minimum absolute atomic E-state index is 0.0312. The van der Waals surface area contributed by atoms with Gasteiger partial charge in [0.1, 0.15) is 12.3 Å². The van der Waals surface area contributed by atoms with Gasteiger partial charge >= 0.3 is 5.97 Å². The Morgan fingerprint density at radius 2 is 1.74 bits per heavy atom. The molecular weight excluding hydrogens is 436 g/mol. The van der Waals surface area contributed by atoms with Crippen molar-refractivity contribution < 1.29 is 19.2 Å². The molecule has 1 heterocycles. The van der Waals surface area contributed by atoms with Crippen LogP contribution in [0.25, 0.3) is 5.69 Å². The number of nitrogens with zero attached hydrogens (tertiary/aromatic N) is 3. The smallest absolute Gasteiger partial charge is 0.339 e. The van der Waals surface area contributed by atoms with Gasteiger partial charge in [0.2, 0.25) is 0 Å². The van der Waals surface area contributed by atoms with Gasteiger partial charge in [-0.3, -0.25) is 14.9 Å². The standard InChI is InChI=1S/C25H20N4O5/c1-26-22-12-11-18(13-23(22)29(32)33)24(30)20-9-5-6-10-21(20)25(31)34-16-17-14-27-28(15-17)19-7-3-2-4-8-19/h2-15,26H,16H2,1H3. The summed E-state index contributed by atoms with van der Waals surface area (Å²) in [4.78, 5) is 36.7. The Bertz CT molecular complexity index is 1360. The molecule has 4 aromatic rings. The second-order valence-electron chi connectivity index (χ2n) is 7.32. The molecule has 0 atom stereocenters. The largest absolute Gasteiger partial charge is 0.457 e. The van der Waals surface area contributed by atoms with Crippen molar-refractivity contribution in [1.29, 1.82) is 0 Å². The lowest BCUT2D eigenvalue weighted by Crippen LogP contribution is -2.13. The molecule has 170 valence electrons. The summed E-state index contributed by atoms with van der Waals surface area (Å²) in [5.74, 6) is -1.20. The SMILES string of the molecule is CNc1ccc(C(=O)c2ccccc2C(=O)OCc2cnn(-c3ccccc3)c2)cc1[N+](=O)[O-]. The maximum atomic E-state index is 13.1. The number of nitro benzene ring substituents is 1. The molecule has 9 heteroatoms. The molecule has 3 aromatic carbocycles. The van der Waals surface area contributed by atoms with Gasteiger partial charge in [0.15, 0.2) is 5.78 Å². The summed E-state index contributed by atoms with van der Waals surface area (Å²) in [6.07, 6.45) is 3.35. The van der Waals surface area contributed by atoms with E-state index in [1.807, 2.05) is 30.3 Å². The van der Waals surface area contributed by atoms with Crippen LogP contribution in [0.5, 0.6) is 0 Å². The van der Waals surface area contributed by atoms with Gasteiger partial charge in [-0.05, 0) is 30.3 Å². The molecule has 34 heavy (non-hydrogen) atoms. The average Bonchev–Trinajstić information content (AvgIpc) is 3.36. The maximum Gasteiger partial charge on any atom is 0.339 e. The van der Waals surface area contributed by atoms with Crippen molar-refractivity contribution in [1.82, 2.24) is 9.78 Å². The first kappa shape index (κ1) is 22.4. The molecule has 0 fully saturated rings. The van der Waals surface area contributed by atoms with Crippen LogP contribution in [-0.2, 0) is 11.3 Å². The monoisotopic (exact) mass is 456 g/mol. The maximum absolute atomic E-state index is 13.1. The lowest BCUT2D eigenvalue weighted by atomic mass is 9.97. The Hall–Kier alpha value is -4.79. The molecule has 0 aliphatic rings. The fraction of sp³-hybridized carbons (Fsp3) is 0.0800. The van der Waals surface area contributed by atoms with Gasteiger partial charge < -0.3 is 10.1 Å². The number of carbonyl (C=O) groups is 2. The molecule has 0 amide bonds. The molecule has 0 saturated carbocycles. The highest BCUT2D eigenvalue weighted by Gasteiger charge is 2.22. The summed E-state index contributed by atoms with van der Waals surface area (Å²) in [5, 5.41) is 18.3. The van der Waals surface area contributed by atoms with Crippen molar-refractivity contribution in [2.75, 3.05) is 12.4 Å². The van der Waals surface area contributed by atoms with Crippen molar-refractivity contribution >= 4 is 23.1 Å². The number of benzene rings is 3. The van der Waals surface area contributed by atoms with Crippen LogP contribution < -0.4 is 5.32 Å². The second kappa shape index (κ2) is 9.78. The molecule has 9 nitrogen and oxygen atoms in total. The normalized spacial score (nSPS) is 10.5. The number of ether oxygens (including phenoxy) is 1. The summed E-state index contributed by atoms with van der Waals surface area (Å²) in [6, 6.07) is 19.8. The summed E-state index contributed by atoms with van der Waals surface area (Å²) >= 11 is 0. The number of ketones is 1. The molecule has 0 radical (unpaired) electrons. The van der Waals surface area contributed by atoms with E-state index < -0.39 is 16.7 Å². The van der Waals surface area contributed by atoms with Gasteiger partial charge in [0.25, 0.3) is 5.69 Å². The first-order valence-electron chi connectivity index (χ1n) is 10.3. The van der Waals surface area contributed by atoms with E-state index in [-0.39, 0.29) is 34.7 Å². The van der Waals surface area contributed by atoms with Crippen LogP contribution in [0, 0.1) is 10.1 Å². The fourth-order valence-electron chi connectivity index (χ4n) is 3.43. The van der Waals surface area contributed by atoms with Crippen molar-refractivity contribution in [2.24, 2.45) is 0 Å². The van der Waals surface area contributed by atoms with Gasteiger partial charge in [0.05, 0.1) is 22.4 Å². The number of carbonyl (C=O) groups excluding carboxylic acids is 2. The third kappa shape index (κ3) is 4.68. The van der Waals surface area contributed by atoms with E-state index in [2.05, 4.69) is 10.4 Å². The number of anilines is 1. The summed E-state index contributed by atoms with van der Waals surface area (Å²) in [5.41, 5.74) is 1.86. The molecule has 0 aliphatic heterocycles. The van der Waals surface area contributed by atoms with Crippen LogP contribution in [-0.4, -0.2) is 33.5 Å². The highest BCUT2D eigenvalue weighted by molar-refractivity contribution is 6.14. The van der Waals surface area contributed by atoms with Crippen molar-refractivity contribution in [2.45, 2.75) is 6.61 Å². The minimum atomic E-state index is -0.683. The highest BCUT2D eigenvalue weighted by atomic mass is 16.6. The average molecular weight is 456 g/mol. The van der Waals surface area contributed by atoms with E-state index in [4.69, 9.17) is 4.74 Å². The van der Waals surface area contributed by atoms with E-state index in [1.165, 1.54) is 30.3 Å². The van der Waals surface area contributed by atoms with Crippen LogP contribution >= 0.6 is 0 Å². The Labute approximate surface area is 194 Å². The number of rotatable bonds is 8. The third-order valence-corrected chi connectivity index (χ3v) is 5.14. The molecule has 0 unspecified atom stereocenters. The van der Waals surface area contributed by atoms with E-state index in [0.717, 1.165) is 5.69 Å². The van der Waals surface area contributed by atoms with Crippen LogP contribution in [0.2, 0.25) is 0 Å². The quantitative estimate of drug-likeness (QED) is 0.181. The van der Waals surface area contributed by atoms with Crippen molar-refractivity contribution in [3.05, 3.63) is 118 Å². The number of hydrogen-bond donors (Lipinski definition) is 1. The third-order valence-electron chi connectivity index (χ3n) is 5.14. The Kier molecular flexibility index (Phi) is 6.45. The Morgan fingerprint density at radius 3 is 2.44 bits per heavy atom. The number of hydrogen-bond acceptors (Lipinski definition) is 7. The molecule has 0 bridgehead atoms. The zero-order valence-corrected chi connectivity index (χ0v) is 18.2. The second-order valence-corrected chi connectivity index (χ2v) is 7.32. The van der Waals surface area contributed by atoms with E-state index in [0.29, 0.717) is 5.56 Å². The first-order chi connectivity index (χ1) is 16.5. The van der Waals surface area contributed by atoms with Gasteiger partial charge in [-0.2, -0.15) is 5.10 Å². The van der Waals surface area contributed by atoms with Gasteiger partial charge in [-0.15, -0.1) is 0 Å².